The molecule has 1 rings (SSSR count). The third kappa shape index (κ3) is 2.74. The van der Waals surface area contributed by atoms with E-state index in [2.05, 4.69) is 18.9 Å². The molecule has 2 nitrogen and oxygen atoms in total. The van der Waals surface area contributed by atoms with Gasteiger partial charge in [0, 0.05) is 18.9 Å². The van der Waals surface area contributed by atoms with Crippen molar-refractivity contribution in [2.75, 3.05) is 0 Å². The van der Waals surface area contributed by atoms with Gasteiger partial charge in [-0.25, -0.2) is 0 Å². The van der Waals surface area contributed by atoms with Gasteiger partial charge >= 0.3 is 0 Å². The fraction of sp³-hybridized carbons (Fsp3) is 0.667. The first-order valence-electron chi connectivity index (χ1n) is 4.30. The number of hydrogen-bond acceptors (Lipinski definition) is 1. The molecule has 1 aromatic rings. The van der Waals surface area contributed by atoms with Crippen molar-refractivity contribution in [3.8, 4) is 0 Å². The molecule has 0 aliphatic rings. The summed E-state index contributed by atoms with van der Waals surface area (Å²) >= 11 is 0. The molecule has 0 saturated heterocycles. The minimum Gasteiger partial charge on any atom is -0.272 e. The molecule has 0 saturated carbocycles. The van der Waals surface area contributed by atoms with Crippen molar-refractivity contribution in [3.05, 3.63) is 18.5 Å². The highest BCUT2D eigenvalue weighted by Crippen LogP contribution is 2.06. The third-order valence-electron chi connectivity index (χ3n) is 1.84. The number of hydrogen-bond donors (Lipinski definition) is 0. The summed E-state index contributed by atoms with van der Waals surface area (Å²) in [7, 11) is 0. The molecule has 0 spiro atoms. The van der Waals surface area contributed by atoms with Crippen molar-refractivity contribution in [1.29, 1.82) is 0 Å². The Morgan fingerprint density at radius 1 is 1.55 bits per heavy atom. The van der Waals surface area contributed by atoms with E-state index in [1.54, 1.807) is 0 Å². The third-order valence-corrected chi connectivity index (χ3v) is 1.84. The average molecular weight is 152 g/mol. The van der Waals surface area contributed by atoms with Crippen LogP contribution in [-0.4, -0.2) is 9.78 Å². The Bertz CT molecular complexity index is 179. The lowest BCUT2D eigenvalue weighted by atomic mass is 10.1. The monoisotopic (exact) mass is 152 g/mol. The fourth-order valence-electron chi connectivity index (χ4n) is 1.31. The van der Waals surface area contributed by atoms with Gasteiger partial charge < -0.3 is 0 Å². The molecule has 62 valence electrons. The molecule has 2 heteroatoms. The Labute approximate surface area is 68.2 Å². The topological polar surface area (TPSA) is 17.8 Å². The summed E-state index contributed by atoms with van der Waals surface area (Å²) < 4.78 is 2.00. The van der Waals surface area contributed by atoms with E-state index in [1.807, 2.05) is 23.1 Å². The van der Waals surface area contributed by atoms with Crippen molar-refractivity contribution in [2.45, 2.75) is 33.2 Å². The number of nitrogens with zero attached hydrogens (tertiary/aromatic N) is 2. The zero-order valence-electron chi connectivity index (χ0n) is 7.33. The van der Waals surface area contributed by atoms with Crippen LogP contribution in [0.15, 0.2) is 18.5 Å². The van der Waals surface area contributed by atoms with Gasteiger partial charge in [0.15, 0.2) is 0 Å². The van der Waals surface area contributed by atoms with Crippen LogP contribution < -0.4 is 0 Å². The van der Waals surface area contributed by atoms with Crippen molar-refractivity contribution in [3.63, 3.8) is 0 Å². The van der Waals surface area contributed by atoms with Crippen molar-refractivity contribution in [1.82, 2.24) is 9.78 Å². The van der Waals surface area contributed by atoms with Gasteiger partial charge in [0.2, 0.25) is 0 Å². The van der Waals surface area contributed by atoms with E-state index in [9.17, 15) is 0 Å². The summed E-state index contributed by atoms with van der Waals surface area (Å²) in [5, 5.41) is 4.16. The molecule has 0 N–H and O–H groups in total. The number of rotatable bonds is 4. The number of aromatic nitrogens is 2. The molecule has 0 amide bonds. The molecule has 0 bridgehead atoms. The maximum absolute atomic E-state index is 4.16. The van der Waals surface area contributed by atoms with Crippen LogP contribution in [0.3, 0.4) is 0 Å². The van der Waals surface area contributed by atoms with Gasteiger partial charge in [-0.15, -0.1) is 0 Å². The van der Waals surface area contributed by atoms with Crippen LogP contribution in [0.25, 0.3) is 0 Å². The molecule has 1 heterocycles. The molecule has 11 heavy (non-hydrogen) atoms. The van der Waals surface area contributed by atoms with Crippen LogP contribution in [0.5, 0.6) is 0 Å². The van der Waals surface area contributed by atoms with Gasteiger partial charge in [0.05, 0.1) is 0 Å². The molecule has 0 aliphatic carbocycles. The zero-order chi connectivity index (χ0) is 8.10. The molecular weight excluding hydrogens is 136 g/mol. The van der Waals surface area contributed by atoms with Crippen molar-refractivity contribution >= 4 is 0 Å². The minimum atomic E-state index is 0.750. The second kappa shape index (κ2) is 4.16. The maximum atomic E-state index is 4.16. The zero-order valence-corrected chi connectivity index (χ0v) is 7.33. The highest BCUT2D eigenvalue weighted by Gasteiger charge is 2.00. The smallest absolute Gasteiger partial charge is 0.0489 e. The van der Waals surface area contributed by atoms with E-state index in [1.165, 1.54) is 12.8 Å². The van der Waals surface area contributed by atoms with Crippen molar-refractivity contribution in [2.24, 2.45) is 5.92 Å². The lowest BCUT2D eigenvalue weighted by molar-refractivity contribution is 0.420. The van der Waals surface area contributed by atoms with Crippen LogP contribution in [0, 0.1) is 5.92 Å². The lowest BCUT2D eigenvalue weighted by Gasteiger charge is -2.08. The molecule has 0 fully saturated rings. The Kier molecular flexibility index (Phi) is 3.14. The Hall–Kier alpha value is -0.790. The summed E-state index contributed by atoms with van der Waals surface area (Å²) in [6, 6.07) is 1.97. The quantitative estimate of drug-likeness (QED) is 0.647. The molecule has 0 aromatic carbocycles. The Morgan fingerprint density at radius 3 is 2.91 bits per heavy atom. The predicted molar refractivity (Wildman–Crippen MR) is 46.3 cm³/mol. The van der Waals surface area contributed by atoms with Gasteiger partial charge in [-0.3, -0.25) is 4.68 Å². The lowest BCUT2D eigenvalue weighted by Crippen LogP contribution is -2.07. The Balaban J connectivity index is 2.31. The first-order valence-corrected chi connectivity index (χ1v) is 4.30. The van der Waals surface area contributed by atoms with Gasteiger partial charge in [-0.2, -0.15) is 5.10 Å². The molecule has 1 unspecified atom stereocenters. The summed E-state index contributed by atoms with van der Waals surface area (Å²) in [4.78, 5) is 0. The van der Waals surface area contributed by atoms with Crippen LogP contribution in [0.1, 0.15) is 26.7 Å². The normalized spacial score (nSPS) is 13.3. The SMILES string of the molecule is CCCC(C)Cn1cccn1. The fourth-order valence-corrected chi connectivity index (χ4v) is 1.31. The predicted octanol–water partition coefficient (Wildman–Crippen LogP) is 2.32. The van der Waals surface area contributed by atoms with Gasteiger partial charge in [-0.1, -0.05) is 20.3 Å². The first-order chi connectivity index (χ1) is 5.33. The molecule has 0 radical (unpaired) electrons. The summed E-state index contributed by atoms with van der Waals surface area (Å²) in [5.41, 5.74) is 0. The summed E-state index contributed by atoms with van der Waals surface area (Å²) in [6.45, 7) is 5.55. The van der Waals surface area contributed by atoms with E-state index in [4.69, 9.17) is 0 Å². The van der Waals surface area contributed by atoms with Gasteiger partial charge in [0.25, 0.3) is 0 Å². The van der Waals surface area contributed by atoms with E-state index in [-0.39, 0.29) is 0 Å². The first kappa shape index (κ1) is 8.31. The van der Waals surface area contributed by atoms with Crippen LogP contribution in [0.4, 0.5) is 0 Å². The van der Waals surface area contributed by atoms with Gasteiger partial charge in [-0.05, 0) is 18.4 Å². The second-order valence-electron chi connectivity index (χ2n) is 3.12. The summed E-state index contributed by atoms with van der Waals surface area (Å²) in [6.07, 6.45) is 6.41. The molecule has 1 atom stereocenters. The Morgan fingerprint density at radius 2 is 2.36 bits per heavy atom. The van der Waals surface area contributed by atoms with E-state index in [0.29, 0.717) is 0 Å². The largest absolute Gasteiger partial charge is 0.272 e. The van der Waals surface area contributed by atoms with Crippen molar-refractivity contribution < 1.29 is 0 Å². The highest BCUT2D eigenvalue weighted by atomic mass is 15.3. The standard InChI is InChI=1S/C9H16N2/c1-3-5-9(2)8-11-7-4-6-10-11/h4,6-7,9H,3,5,8H2,1-2H3. The van der Waals surface area contributed by atoms with E-state index >= 15 is 0 Å². The van der Waals surface area contributed by atoms with E-state index in [0.717, 1.165) is 12.5 Å². The minimum absolute atomic E-state index is 0.750. The van der Waals surface area contributed by atoms with Gasteiger partial charge in [0.1, 0.15) is 0 Å². The van der Waals surface area contributed by atoms with Crippen LogP contribution >= 0.6 is 0 Å². The highest BCUT2D eigenvalue weighted by molar-refractivity contribution is 4.77. The average Bonchev–Trinajstić information content (AvgIpc) is 2.40. The summed E-state index contributed by atoms with van der Waals surface area (Å²) in [5.74, 6) is 0.750. The van der Waals surface area contributed by atoms with Crippen LogP contribution in [-0.2, 0) is 6.54 Å². The van der Waals surface area contributed by atoms with Crippen LogP contribution in [0.2, 0.25) is 0 Å². The second-order valence-corrected chi connectivity index (χ2v) is 3.12. The van der Waals surface area contributed by atoms with E-state index < -0.39 is 0 Å². The maximum Gasteiger partial charge on any atom is 0.0489 e. The molecular formula is C9H16N2. The molecule has 0 aliphatic heterocycles. The molecule has 1 aromatic heterocycles.